The van der Waals surface area contributed by atoms with Gasteiger partial charge in [-0.1, -0.05) is 6.92 Å². The van der Waals surface area contributed by atoms with Crippen LogP contribution in [-0.2, 0) is 15.3 Å². The first-order chi connectivity index (χ1) is 8.38. The molecule has 0 aliphatic heterocycles. The van der Waals surface area contributed by atoms with Gasteiger partial charge in [0.15, 0.2) is 0 Å². The Morgan fingerprint density at radius 3 is 2.72 bits per heavy atom. The van der Waals surface area contributed by atoms with E-state index >= 15 is 0 Å². The predicted octanol–water partition coefficient (Wildman–Crippen LogP) is 2.71. The molecule has 1 aromatic carbocycles. The lowest BCUT2D eigenvalue weighted by Gasteiger charge is -2.17. The third-order valence-corrected chi connectivity index (χ3v) is 3.96. The van der Waals surface area contributed by atoms with Gasteiger partial charge in [0.05, 0.1) is 12.3 Å². The lowest BCUT2D eigenvalue weighted by atomic mass is 10.1. The van der Waals surface area contributed by atoms with Gasteiger partial charge < -0.3 is 14.5 Å². The van der Waals surface area contributed by atoms with Crippen LogP contribution in [0, 0.1) is 0 Å². The number of carbonyl (C=O) groups is 1. The molecule has 2 unspecified atom stereocenters. The van der Waals surface area contributed by atoms with Crippen molar-refractivity contribution in [1.82, 2.24) is 0 Å². The normalized spacial score (nSPS) is 15.9. The Kier molecular flexibility index (Phi) is 5.08. The molecular formula is C12H17O5P. The van der Waals surface area contributed by atoms with Crippen molar-refractivity contribution in [1.29, 1.82) is 0 Å². The highest BCUT2D eigenvalue weighted by Crippen LogP contribution is 2.48. The van der Waals surface area contributed by atoms with Gasteiger partial charge in [0.1, 0.15) is 12.0 Å². The van der Waals surface area contributed by atoms with Gasteiger partial charge in [0.2, 0.25) is 0 Å². The maximum atomic E-state index is 11.8. The van der Waals surface area contributed by atoms with Crippen molar-refractivity contribution < 1.29 is 23.9 Å². The third kappa shape index (κ3) is 4.26. The van der Waals surface area contributed by atoms with Gasteiger partial charge in [-0.25, -0.2) is 0 Å². The molecule has 18 heavy (non-hydrogen) atoms. The van der Waals surface area contributed by atoms with Crippen LogP contribution in [0.4, 0.5) is 0 Å². The van der Waals surface area contributed by atoms with E-state index in [-0.39, 0.29) is 23.6 Å². The molecule has 5 nitrogen and oxygen atoms in total. The number of phenolic OH excluding ortho intramolecular Hbond substituents is 1. The predicted molar refractivity (Wildman–Crippen MR) is 67.9 cm³/mol. The lowest BCUT2D eigenvalue weighted by Crippen LogP contribution is -2.05. The van der Waals surface area contributed by atoms with Crippen LogP contribution in [-0.4, -0.2) is 22.4 Å². The van der Waals surface area contributed by atoms with Crippen LogP contribution in [0.2, 0.25) is 0 Å². The van der Waals surface area contributed by atoms with Crippen LogP contribution in [0.3, 0.4) is 0 Å². The summed E-state index contributed by atoms with van der Waals surface area (Å²) in [6.07, 6.45) is 0.577. The molecule has 6 heteroatoms. The molecule has 0 saturated carbocycles. The summed E-state index contributed by atoms with van der Waals surface area (Å²) in [4.78, 5) is 20.3. The van der Waals surface area contributed by atoms with Crippen LogP contribution in [0.5, 0.6) is 5.75 Å². The van der Waals surface area contributed by atoms with E-state index in [1.165, 1.54) is 18.2 Å². The van der Waals surface area contributed by atoms with E-state index in [1.54, 1.807) is 6.92 Å². The zero-order valence-electron chi connectivity index (χ0n) is 10.4. The van der Waals surface area contributed by atoms with Crippen LogP contribution < -0.4 is 0 Å². The molecule has 100 valence electrons. The summed E-state index contributed by atoms with van der Waals surface area (Å²) in [5.41, 5.74) is 0.570. The van der Waals surface area contributed by atoms with E-state index in [0.717, 1.165) is 0 Å². The molecule has 0 saturated heterocycles. The van der Waals surface area contributed by atoms with Gasteiger partial charge in [0.25, 0.3) is 0 Å². The highest BCUT2D eigenvalue weighted by Gasteiger charge is 2.24. The van der Waals surface area contributed by atoms with Crippen molar-refractivity contribution in [3.63, 3.8) is 0 Å². The fraction of sp³-hybridized carbons (Fsp3) is 0.417. The summed E-state index contributed by atoms with van der Waals surface area (Å²) in [5, 5.41) is 9.58. The lowest BCUT2D eigenvalue weighted by molar-refractivity contribution is 0.112. The molecule has 2 atom stereocenters. The Labute approximate surface area is 106 Å². The van der Waals surface area contributed by atoms with Crippen molar-refractivity contribution in [3.05, 3.63) is 29.3 Å². The van der Waals surface area contributed by atoms with Crippen LogP contribution in [0.1, 0.15) is 36.2 Å². The number of phenols is 1. The smallest absolute Gasteiger partial charge is 0.332 e. The molecular weight excluding hydrogens is 255 g/mol. The van der Waals surface area contributed by atoms with Crippen LogP contribution in [0.25, 0.3) is 0 Å². The topological polar surface area (TPSA) is 83.8 Å². The number of rotatable bonds is 6. The second-order valence-corrected chi connectivity index (χ2v) is 5.93. The van der Waals surface area contributed by atoms with Crippen LogP contribution in [0.15, 0.2) is 18.2 Å². The molecule has 0 aliphatic rings. The fourth-order valence-electron chi connectivity index (χ4n) is 1.41. The van der Waals surface area contributed by atoms with Crippen molar-refractivity contribution in [2.75, 3.05) is 0 Å². The third-order valence-electron chi connectivity index (χ3n) is 2.53. The molecule has 1 aromatic rings. The van der Waals surface area contributed by atoms with Crippen LogP contribution >= 0.6 is 7.60 Å². The highest BCUT2D eigenvalue weighted by molar-refractivity contribution is 7.52. The Bertz CT molecular complexity index is 472. The summed E-state index contributed by atoms with van der Waals surface area (Å²) >= 11 is 0. The number of benzene rings is 1. The molecule has 0 amide bonds. The first-order valence-corrected chi connectivity index (χ1v) is 7.41. The van der Waals surface area contributed by atoms with Crippen molar-refractivity contribution in [3.8, 4) is 5.75 Å². The summed E-state index contributed by atoms with van der Waals surface area (Å²) in [6, 6.07) is 4.14. The minimum absolute atomic E-state index is 0.123. The molecule has 0 spiro atoms. The SMILES string of the molecule is CCC(C)OP(=O)(O)Cc1cc(C=O)ccc1O. The number of carbonyl (C=O) groups excluding carboxylic acids is 1. The van der Waals surface area contributed by atoms with Gasteiger partial charge in [0, 0.05) is 11.1 Å². The highest BCUT2D eigenvalue weighted by atomic mass is 31.2. The van der Waals surface area contributed by atoms with Crippen molar-refractivity contribution >= 4 is 13.9 Å². The number of hydrogen-bond acceptors (Lipinski definition) is 4. The Balaban J connectivity index is 2.89. The average Bonchev–Trinajstić information content (AvgIpc) is 2.31. The quantitative estimate of drug-likeness (QED) is 0.614. The first kappa shape index (κ1) is 14.9. The maximum absolute atomic E-state index is 11.8. The monoisotopic (exact) mass is 272 g/mol. The Hall–Kier alpha value is -1.16. The molecule has 2 N–H and O–H groups in total. The van der Waals surface area contributed by atoms with E-state index in [1.807, 2.05) is 6.92 Å². The zero-order valence-corrected chi connectivity index (χ0v) is 11.3. The van der Waals surface area contributed by atoms with E-state index in [2.05, 4.69) is 0 Å². The number of hydrogen-bond donors (Lipinski definition) is 2. The number of aldehydes is 1. The largest absolute Gasteiger partial charge is 0.508 e. The first-order valence-electron chi connectivity index (χ1n) is 5.65. The van der Waals surface area contributed by atoms with Gasteiger partial charge in [-0.2, -0.15) is 0 Å². The van der Waals surface area contributed by atoms with E-state index in [0.29, 0.717) is 18.3 Å². The summed E-state index contributed by atoms with van der Waals surface area (Å²) in [6.45, 7) is 3.54. The Morgan fingerprint density at radius 1 is 1.50 bits per heavy atom. The molecule has 1 rings (SSSR count). The minimum Gasteiger partial charge on any atom is -0.508 e. The van der Waals surface area contributed by atoms with Gasteiger partial charge in [-0.3, -0.25) is 9.36 Å². The van der Waals surface area contributed by atoms with E-state index < -0.39 is 7.60 Å². The molecule has 0 aliphatic carbocycles. The molecule has 0 radical (unpaired) electrons. The average molecular weight is 272 g/mol. The van der Waals surface area contributed by atoms with Gasteiger partial charge >= 0.3 is 7.60 Å². The zero-order chi connectivity index (χ0) is 13.8. The summed E-state index contributed by atoms with van der Waals surface area (Å²) in [7, 11) is -3.82. The number of aromatic hydroxyl groups is 1. The molecule has 0 aromatic heterocycles. The van der Waals surface area contributed by atoms with Gasteiger partial charge in [-0.15, -0.1) is 0 Å². The minimum atomic E-state index is -3.82. The standard InChI is InChI=1S/C12H17O5P/c1-3-9(2)17-18(15,16)8-11-6-10(7-13)4-5-12(11)14/h4-7,9,14H,3,8H2,1-2H3,(H,15,16). The van der Waals surface area contributed by atoms with E-state index in [4.69, 9.17) is 4.52 Å². The molecule has 0 heterocycles. The Morgan fingerprint density at radius 2 is 2.17 bits per heavy atom. The second kappa shape index (κ2) is 6.14. The second-order valence-electron chi connectivity index (χ2n) is 4.13. The maximum Gasteiger partial charge on any atom is 0.332 e. The van der Waals surface area contributed by atoms with Crippen molar-refractivity contribution in [2.45, 2.75) is 32.5 Å². The molecule has 0 fully saturated rings. The summed E-state index contributed by atoms with van der Waals surface area (Å²) < 4.78 is 16.9. The summed E-state index contributed by atoms with van der Waals surface area (Å²) in [5.74, 6) is -0.123. The molecule has 0 bridgehead atoms. The van der Waals surface area contributed by atoms with Gasteiger partial charge in [-0.05, 0) is 31.5 Å². The van der Waals surface area contributed by atoms with E-state index in [9.17, 15) is 19.4 Å². The van der Waals surface area contributed by atoms with Crippen molar-refractivity contribution in [2.24, 2.45) is 0 Å². The fourth-order valence-corrected chi connectivity index (χ4v) is 2.88.